The Balaban J connectivity index is 1.37. The highest BCUT2D eigenvalue weighted by molar-refractivity contribution is 5.92. The average Bonchev–Trinajstić information content (AvgIpc) is 3.57. The van der Waals surface area contributed by atoms with Crippen LogP contribution in [0.3, 0.4) is 0 Å². The van der Waals surface area contributed by atoms with Crippen LogP contribution in [-0.2, 0) is 11.8 Å². The number of phenols is 1. The summed E-state index contributed by atoms with van der Waals surface area (Å²) in [6.45, 7) is 5.36. The number of nitrogens with zero attached hydrogens (tertiary/aromatic N) is 1. The van der Waals surface area contributed by atoms with Crippen LogP contribution < -0.4 is 10.5 Å². The molecule has 164 valence electrons. The minimum atomic E-state index is -0.429. The van der Waals surface area contributed by atoms with Crippen molar-refractivity contribution in [1.29, 1.82) is 0 Å². The van der Waals surface area contributed by atoms with Crippen LogP contribution >= 0.6 is 0 Å². The fourth-order valence-corrected chi connectivity index (χ4v) is 5.95. The number of likely N-dealkylation sites (tertiary alicyclic amines) is 1. The normalized spacial score (nSPS) is 27.5. The molecular formula is C26H32N2O3. The number of primary amides is 1. The smallest absolute Gasteiger partial charge is 0.248 e. The standard InChI is InChI=1S/C26H32N2O3/c1-17-24-14-20-4-7-21(29)15-23(20)26(17,10-12-28(24)16-18-2-3-18)11-13-31-22-8-5-19(6-9-22)25(27)30/h4-9,15,17-18,24,29H,2-3,10-14,16H2,1H3,(H2,27,30). The van der Waals surface area contributed by atoms with Crippen molar-refractivity contribution in [3.05, 3.63) is 59.2 Å². The van der Waals surface area contributed by atoms with Gasteiger partial charge in [-0.25, -0.2) is 0 Å². The van der Waals surface area contributed by atoms with Crippen molar-refractivity contribution in [3.8, 4) is 11.5 Å². The topological polar surface area (TPSA) is 75.8 Å². The Morgan fingerprint density at radius 3 is 2.71 bits per heavy atom. The first-order valence-electron chi connectivity index (χ1n) is 11.6. The third-order valence-corrected chi connectivity index (χ3v) is 7.97. The van der Waals surface area contributed by atoms with Gasteiger partial charge in [-0.2, -0.15) is 0 Å². The van der Waals surface area contributed by atoms with E-state index in [2.05, 4.69) is 17.9 Å². The van der Waals surface area contributed by atoms with E-state index in [1.807, 2.05) is 24.3 Å². The predicted molar refractivity (Wildman–Crippen MR) is 120 cm³/mol. The van der Waals surface area contributed by atoms with Gasteiger partial charge in [-0.15, -0.1) is 0 Å². The Bertz CT molecular complexity index is 969. The molecule has 0 radical (unpaired) electrons. The van der Waals surface area contributed by atoms with Crippen LogP contribution in [0.25, 0.3) is 0 Å². The fraction of sp³-hybridized carbons (Fsp3) is 0.500. The Morgan fingerprint density at radius 1 is 1.23 bits per heavy atom. The van der Waals surface area contributed by atoms with Crippen molar-refractivity contribution in [2.45, 2.75) is 50.5 Å². The van der Waals surface area contributed by atoms with E-state index in [0.29, 0.717) is 29.9 Å². The molecule has 0 aromatic heterocycles. The Morgan fingerprint density at radius 2 is 2.00 bits per heavy atom. The molecule has 0 spiro atoms. The zero-order valence-corrected chi connectivity index (χ0v) is 18.2. The number of rotatable bonds is 7. The fourth-order valence-electron chi connectivity index (χ4n) is 5.95. The summed E-state index contributed by atoms with van der Waals surface area (Å²) < 4.78 is 6.10. The molecule has 2 aromatic rings. The summed E-state index contributed by atoms with van der Waals surface area (Å²) in [5, 5.41) is 10.3. The second-order valence-corrected chi connectivity index (χ2v) is 9.73. The molecule has 2 fully saturated rings. The number of aromatic hydroxyl groups is 1. The zero-order valence-electron chi connectivity index (χ0n) is 18.2. The highest BCUT2D eigenvalue weighted by atomic mass is 16.5. The molecular weight excluding hydrogens is 388 g/mol. The molecule has 5 rings (SSSR count). The second-order valence-electron chi connectivity index (χ2n) is 9.73. The molecule has 2 bridgehead atoms. The summed E-state index contributed by atoms with van der Waals surface area (Å²) in [6, 6.07) is 13.5. The van der Waals surface area contributed by atoms with E-state index in [0.717, 1.165) is 37.5 Å². The van der Waals surface area contributed by atoms with E-state index in [9.17, 15) is 9.90 Å². The summed E-state index contributed by atoms with van der Waals surface area (Å²) in [6.07, 6.45) is 5.85. The monoisotopic (exact) mass is 420 g/mol. The number of hydrogen-bond acceptors (Lipinski definition) is 4. The highest BCUT2D eigenvalue weighted by Gasteiger charge is 2.51. The third-order valence-electron chi connectivity index (χ3n) is 7.97. The van der Waals surface area contributed by atoms with Crippen molar-refractivity contribution in [1.82, 2.24) is 4.90 Å². The van der Waals surface area contributed by atoms with E-state index in [1.165, 1.54) is 30.5 Å². The number of ether oxygens (including phenoxy) is 1. The van der Waals surface area contributed by atoms with Crippen LogP contribution in [-0.4, -0.2) is 41.7 Å². The van der Waals surface area contributed by atoms with Crippen molar-refractivity contribution < 1.29 is 14.6 Å². The van der Waals surface area contributed by atoms with Crippen LogP contribution in [0.15, 0.2) is 42.5 Å². The molecule has 31 heavy (non-hydrogen) atoms. The first kappa shape index (κ1) is 20.4. The number of fused-ring (bicyclic) bond motifs is 4. The van der Waals surface area contributed by atoms with Gasteiger partial charge < -0.3 is 15.6 Å². The molecule has 1 saturated heterocycles. The van der Waals surface area contributed by atoms with Crippen molar-refractivity contribution in [3.63, 3.8) is 0 Å². The summed E-state index contributed by atoms with van der Waals surface area (Å²) in [5.41, 5.74) is 8.53. The van der Waals surface area contributed by atoms with E-state index in [4.69, 9.17) is 10.5 Å². The van der Waals surface area contributed by atoms with Crippen LogP contribution in [0.5, 0.6) is 11.5 Å². The molecule has 3 unspecified atom stereocenters. The van der Waals surface area contributed by atoms with Gasteiger partial charge in [-0.3, -0.25) is 9.69 Å². The van der Waals surface area contributed by atoms with Crippen molar-refractivity contribution in [2.75, 3.05) is 19.7 Å². The van der Waals surface area contributed by atoms with Crippen LogP contribution in [0, 0.1) is 11.8 Å². The second kappa shape index (κ2) is 7.86. The van der Waals surface area contributed by atoms with E-state index < -0.39 is 5.91 Å². The van der Waals surface area contributed by atoms with Crippen LogP contribution in [0.4, 0.5) is 0 Å². The maximum atomic E-state index is 11.3. The van der Waals surface area contributed by atoms with Gasteiger partial charge in [-0.1, -0.05) is 13.0 Å². The predicted octanol–water partition coefficient (Wildman–Crippen LogP) is 3.87. The lowest BCUT2D eigenvalue weighted by Gasteiger charge is -2.56. The number of nitrogens with two attached hydrogens (primary N) is 1. The molecule has 1 aliphatic heterocycles. The highest BCUT2D eigenvalue weighted by Crippen LogP contribution is 2.52. The first-order chi connectivity index (χ1) is 15.0. The maximum absolute atomic E-state index is 11.3. The summed E-state index contributed by atoms with van der Waals surface area (Å²) >= 11 is 0. The molecule has 5 nitrogen and oxygen atoms in total. The lowest BCUT2D eigenvalue weighted by molar-refractivity contribution is 0.00988. The number of hydrogen-bond donors (Lipinski definition) is 2. The minimum Gasteiger partial charge on any atom is -0.508 e. The Hall–Kier alpha value is -2.53. The van der Waals surface area contributed by atoms with Gasteiger partial charge in [0.1, 0.15) is 11.5 Å². The molecule has 2 aliphatic carbocycles. The van der Waals surface area contributed by atoms with E-state index in [1.54, 1.807) is 12.1 Å². The van der Waals surface area contributed by atoms with Crippen molar-refractivity contribution in [2.24, 2.45) is 17.6 Å². The number of piperidine rings is 1. The van der Waals surface area contributed by atoms with Crippen LogP contribution in [0.1, 0.15) is 54.1 Å². The van der Waals surface area contributed by atoms with Gasteiger partial charge in [0.05, 0.1) is 6.61 Å². The molecule has 1 heterocycles. The summed E-state index contributed by atoms with van der Waals surface area (Å²) in [7, 11) is 0. The number of carbonyl (C=O) groups is 1. The Kier molecular flexibility index (Phi) is 5.17. The molecule has 1 amide bonds. The van der Waals surface area contributed by atoms with Crippen LogP contribution in [0.2, 0.25) is 0 Å². The molecule has 1 saturated carbocycles. The van der Waals surface area contributed by atoms with E-state index >= 15 is 0 Å². The van der Waals surface area contributed by atoms with Gasteiger partial charge in [0.2, 0.25) is 5.91 Å². The molecule has 5 heteroatoms. The number of phenolic OH excluding ortho intramolecular Hbond substituents is 1. The molecule has 3 atom stereocenters. The Labute approximate surface area is 184 Å². The molecule has 3 aliphatic rings. The maximum Gasteiger partial charge on any atom is 0.248 e. The quantitative estimate of drug-likeness (QED) is 0.713. The van der Waals surface area contributed by atoms with Gasteiger partial charge in [0.25, 0.3) is 0 Å². The third kappa shape index (κ3) is 3.80. The largest absolute Gasteiger partial charge is 0.508 e. The van der Waals surface area contributed by atoms with Gasteiger partial charge in [-0.05, 0) is 98.0 Å². The SMILES string of the molecule is CC1C2Cc3ccc(O)cc3C1(CCOc1ccc(C(N)=O)cc1)CCN2CC1CC1. The molecule has 3 N–H and O–H groups in total. The lowest BCUT2D eigenvalue weighted by Crippen LogP contribution is -2.59. The minimum absolute atomic E-state index is 0.0181. The van der Waals surface area contributed by atoms with Gasteiger partial charge >= 0.3 is 0 Å². The molecule has 2 aromatic carbocycles. The van der Waals surface area contributed by atoms with Crippen molar-refractivity contribution >= 4 is 5.91 Å². The number of amides is 1. The lowest BCUT2D eigenvalue weighted by atomic mass is 9.56. The number of benzene rings is 2. The number of carbonyl (C=O) groups excluding carboxylic acids is 1. The average molecular weight is 421 g/mol. The van der Waals surface area contributed by atoms with Gasteiger partial charge in [0, 0.05) is 23.6 Å². The van der Waals surface area contributed by atoms with E-state index in [-0.39, 0.29) is 5.41 Å². The zero-order chi connectivity index (χ0) is 21.6. The van der Waals surface area contributed by atoms with Gasteiger partial charge in [0.15, 0.2) is 0 Å². The first-order valence-corrected chi connectivity index (χ1v) is 11.6. The summed E-state index contributed by atoms with van der Waals surface area (Å²) in [4.78, 5) is 14.0. The summed E-state index contributed by atoms with van der Waals surface area (Å²) in [5.74, 6) is 2.08.